The fraction of sp³-hybridized carbons (Fsp3) is 0.125. The molecule has 0 radical (unpaired) electrons. The van der Waals surface area contributed by atoms with Crippen LogP contribution >= 0.6 is 0 Å². The zero-order chi connectivity index (χ0) is 16.8. The molecule has 0 unspecified atom stereocenters. The fourth-order valence-corrected chi connectivity index (χ4v) is 1.79. The van der Waals surface area contributed by atoms with Crippen LogP contribution in [0.15, 0.2) is 42.5 Å². The van der Waals surface area contributed by atoms with Crippen LogP contribution < -0.4 is 16.0 Å². The SMILES string of the molecule is Cc1ccc(F)cc1NC(=O)NCC(=O)Nc1ccc(F)cc1. The van der Waals surface area contributed by atoms with E-state index >= 15 is 0 Å². The summed E-state index contributed by atoms with van der Waals surface area (Å²) < 4.78 is 25.9. The molecule has 0 aliphatic carbocycles. The molecule has 2 rings (SSSR count). The van der Waals surface area contributed by atoms with Crippen molar-refractivity contribution in [2.45, 2.75) is 6.92 Å². The molecule has 0 bridgehead atoms. The molecule has 0 aliphatic heterocycles. The second-order valence-electron chi connectivity index (χ2n) is 4.82. The van der Waals surface area contributed by atoms with Gasteiger partial charge in [-0.1, -0.05) is 6.07 Å². The highest BCUT2D eigenvalue weighted by molar-refractivity contribution is 5.97. The Bertz CT molecular complexity index is 718. The van der Waals surface area contributed by atoms with Crippen LogP contribution in [0.5, 0.6) is 0 Å². The predicted molar refractivity (Wildman–Crippen MR) is 83.2 cm³/mol. The average molecular weight is 319 g/mol. The van der Waals surface area contributed by atoms with Crippen molar-refractivity contribution >= 4 is 23.3 Å². The number of aryl methyl sites for hydroxylation is 1. The number of hydrogen-bond acceptors (Lipinski definition) is 2. The van der Waals surface area contributed by atoms with Crippen LogP contribution in [0.2, 0.25) is 0 Å². The van der Waals surface area contributed by atoms with Crippen LogP contribution in [0.3, 0.4) is 0 Å². The lowest BCUT2D eigenvalue weighted by molar-refractivity contribution is -0.115. The third kappa shape index (κ3) is 5.06. The molecule has 7 heteroatoms. The molecule has 3 N–H and O–H groups in total. The first kappa shape index (κ1) is 16.4. The maximum absolute atomic E-state index is 13.1. The quantitative estimate of drug-likeness (QED) is 0.810. The summed E-state index contributed by atoms with van der Waals surface area (Å²) in [4.78, 5) is 23.4. The second-order valence-corrected chi connectivity index (χ2v) is 4.82. The minimum Gasteiger partial charge on any atom is -0.329 e. The lowest BCUT2D eigenvalue weighted by Gasteiger charge is -2.10. The van der Waals surface area contributed by atoms with Gasteiger partial charge < -0.3 is 16.0 Å². The van der Waals surface area contributed by atoms with E-state index in [1.54, 1.807) is 6.92 Å². The summed E-state index contributed by atoms with van der Waals surface area (Å²) in [5.74, 6) is -1.35. The average Bonchev–Trinajstić information content (AvgIpc) is 2.51. The van der Waals surface area contributed by atoms with Gasteiger partial charge in [-0.15, -0.1) is 0 Å². The van der Waals surface area contributed by atoms with Crippen molar-refractivity contribution in [2.75, 3.05) is 17.2 Å². The number of amides is 3. The van der Waals surface area contributed by atoms with E-state index in [2.05, 4.69) is 16.0 Å². The normalized spacial score (nSPS) is 10.0. The molecular weight excluding hydrogens is 304 g/mol. The Kier molecular flexibility index (Phi) is 5.24. The molecule has 0 saturated heterocycles. The number of benzene rings is 2. The second kappa shape index (κ2) is 7.35. The molecule has 23 heavy (non-hydrogen) atoms. The number of carbonyl (C=O) groups excluding carboxylic acids is 2. The molecule has 0 aliphatic rings. The Balaban J connectivity index is 1.83. The van der Waals surface area contributed by atoms with Gasteiger partial charge in [-0.3, -0.25) is 4.79 Å². The summed E-state index contributed by atoms with van der Waals surface area (Å²) in [6, 6.07) is 8.61. The van der Waals surface area contributed by atoms with E-state index in [0.717, 1.165) is 0 Å². The van der Waals surface area contributed by atoms with Crippen molar-refractivity contribution in [1.29, 1.82) is 0 Å². The standard InChI is InChI=1S/C16H15F2N3O2/c1-10-2-3-12(18)8-14(10)21-16(23)19-9-15(22)20-13-6-4-11(17)5-7-13/h2-8H,9H2,1H3,(H,20,22)(H2,19,21,23). The summed E-state index contributed by atoms with van der Waals surface area (Å²) in [5, 5.41) is 7.31. The summed E-state index contributed by atoms with van der Waals surface area (Å²) >= 11 is 0. The molecule has 5 nitrogen and oxygen atoms in total. The van der Waals surface area contributed by atoms with Crippen molar-refractivity contribution in [2.24, 2.45) is 0 Å². The van der Waals surface area contributed by atoms with Crippen molar-refractivity contribution in [3.63, 3.8) is 0 Å². The minimum absolute atomic E-state index is 0.280. The van der Waals surface area contributed by atoms with E-state index in [9.17, 15) is 18.4 Å². The van der Waals surface area contributed by atoms with E-state index in [1.165, 1.54) is 42.5 Å². The summed E-state index contributed by atoms with van der Waals surface area (Å²) in [6.07, 6.45) is 0. The molecule has 2 aromatic rings. The Morgan fingerprint density at radius 1 is 0.957 bits per heavy atom. The highest BCUT2D eigenvalue weighted by Crippen LogP contribution is 2.15. The summed E-state index contributed by atoms with van der Waals surface area (Å²) in [5.41, 5.74) is 1.43. The van der Waals surface area contributed by atoms with E-state index in [-0.39, 0.29) is 6.54 Å². The van der Waals surface area contributed by atoms with Gasteiger partial charge in [0.1, 0.15) is 11.6 Å². The van der Waals surface area contributed by atoms with Crippen LogP contribution in [-0.4, -0.2) is 18.5 Å². The molecule has 0 saturated carbocycles. The van der Waals surface area contributed by atoms with Gasteiger partial charge >= 0.3 is 6.03 Å². The maximum atomic E-state index is 13.1. The molecule has 0 heterocycles. The minimum atomic E-state index is -0.632. The molecule has 3 amide bonds. The van der Waals surface area contributed by atoms with E-state index in [4.69, 9.17) is 0 Å². The first-order valence-corrected chi connectivity index (χ1v) is 6.80. The summed E-state index contributed by atoms with van der Waals surface area (Å²) in [6.45, 7) is 1.44. The third-order valence-corrected chi connectivity index (χ3v) is 2.99. The van der Waals surface area contributed by atoms with Crippen LogP contribution in [0, 0.1) is 18.6 Å². The molecule has 0 fully saturated rings. The number of urea groups is 1. The van der Waals surface area contributed by atoms with Gasteiger partial charge in [0.05, 0.1) is 6.54 Å². The highest BCUT2D eigenvalue weighted by atomic mass is 19.1. The van der Waals surface area contributed by atoms with Crippen molar-refractivity contribution in [3.8, 4) is 0 Å². The monoisotopic (exact) mass is 319 g/mol. The first-order chi connectivity index (χ1) is 10.9. The largest absolute Gasteiger partial charge is 0.329 e. The Morgan fingerprint density at radius 3 is 2.30 bits per heavy atom. The van der Waals surface area contributed by atoms with Gasteiger partial charge in [0.15, 0.2) is 0 Å². The summed E-state index contributed by atoms with van der Waals surface area (Å²) in [7, 11) is 0. The molecular formula is C16H15F2N3O2. The van der Waals surface area contributed by atoms with Crippen molar-refractivity contribution in [3.05, 3.63) is 59.7 Å². The van der Waals surface area contributed by atoms with Crippen molar-refractivity contribution < 1.29 is 18.4 Å². The smallest absolute Gasteiger partial charge is 0.319 e. The maximum Gasteiger partial charge on any atom is 0.319 e. The zero-order valence-electron chi connectivity index (χ0n) is 12.3. The molecule has 120 valence electrons. The van der Waals surface area contributed by atoms with Crippen LogP contribution in [0.25, 0.3) is 0 Å². The molecule has 0 spiro atoms. The predicted octanol–water partition coefficient (Wildman–Crippen LogP) is 3.03. The zero-order valence-corrected chi connectivity index (χ0v) is 12.3. The molecule has 2 aromatic carbocycles. The van der Waals surface area contributed by atoms with Crippen LogP contribution in [-0.2, 0) is 4.79 Å². The Morgan fingerprint density at radius 2 is 1.61 bits per heavy atom. The van der Waals surface area contributed by atoms with Gasteiger partial charge in [-0.2, -0.15) is 0 Å². The molecule has 0 atom stereocenters. The lowest BCUT2D eigenvalue weighted by Crippen LogP contribution is -2.35. The number of rotatable bonds is 4. The molecule has 0 aromatic heterocycles. The van der Waals surface area contributed by atoms with Gasteiger partial charge in [0, 0.05) is 11.4 Å². The van der Waals surface area contributed by atoms with Crippen LogP contribution in [0.4, 0.5) is 25.0 Å². The number of hydrogen-bond donors (Lipinski definition) is 3. The number of carbonyl (C=O) groups is 2. The van der Waals surface area contributed by atoms with Crippen molar-refractivity contribution in [1.82, 2.24) is 5.32 Å². The van der Waals surface area contributed by atoms with E-state index in [1.807, 2.05) is 0 Å². The topological polar surface area (TPSA) is 70.2 Å². The number of anilines is 2. The van der Waals surface area contributed by atoms with Gasteiger partial charge in [0.2, 0.25) is 5.91 Å². The van der Waals surface area contributed by atoms with Gasteiger partial charge in [0.25, 0.3) is 0 Å². The first-order valence-electron chi connectivity index (χ1n) is 6.80. The van der Waals surface area contributed by atoms with Crippen LogP contribution in [0.1, 0.15) is 5.56 Å². The van der Waals surface area contributed by atoms with E-state index < -0.39 is 23.6 Å². The lowest BCUT2D eigenvalue weighted by atomic mass is 10.2. The highest BCUT2D eigenvalue weighted by Gasteiger charge is 2.08. The number of nitrogens with one attached hydrogen (secondary N) is 3. The van der Waals surface area contributed by atoms with Gasteiger partial charge in [-0.25, -0.2) is 13.6 Å². The fourth-order valence-electron chi connectivity index (χ4n) is 1.79. The Labute approximate surface area is 131 Å². The number of halogens is 2. The Hall–Kier alpha value is -2.96. The third-order valence-electron chi connectivity index (χ3n) is 2.99. The van der Waals surface area contributed by atoms with E-state index in [0.29, 0.717) is 16.9 Å². The van der Waals surface area contributed by atoms with Gasteiger partial charge in [-0.05, 0) is 48.9 Å².